The molecule has 7 nitrogen and oxygen atoms in total. The fourth-order valence-electron chi connectivity index (χ4n) is 2.69. The first-order valence-corrected chi connectivity index (χ1v) is 8.86. The van der Waals surface area contributed by atoms with Crippen molar-refractivity contribution in [3.8, 4) is 0 Å². The number of nitrogens with zero attached hydrogens (tertiary/aromatic N) is 3. The Morgan fingerprint density at radius 2 is 1.93 bits per heavy atom. The van der Waals surface area contributed by atoms with E-state index in [1.807, 2.05) is 0 Å². The Morgan fingerprint density at radius 1 is 1.15 bits per heavy atom. The maximum absolute atomic E-state index is 12.9. The molecule has 3 rings (SSSR count). The summed E-state index contributed by atoms with van der Waals surface area (Å²) in [7, 11) is 0. The minimum Gasteiger partial charge on any atom is -0.465 e. The quantitative estimate of drug-likeness (QED) is 0.606. The Hall–Kier alpha value is -2.64. The van der Waals surface area contributed by atoms with Gasteiger partial charge >= 0.3 is 11.7 Å². The molecule has 9 heteroatoms. The van der Waals surface area contributed by atoms with Gasteiger partial charge in [-0.05, 0) is 36.8 Å². The third kappa shape index (κ3) is 3.89. The zero-order valence-electron chi connectivity index (χ0n) is 14.3. The molecule has 0 aliphatic rings. The van der Waals surface area contributed by atoms with E-state index in [0.717, 1.165) is 4.57 Å². The molecule has 0 aliphatic heterocycles. The van der Waals surface area contributed by atoms with Crippen molar-refractivity contribution in [1.29, 1.82) is 0 Å². The summed E-state index contributed by atoms with van der Waals surface area (Å²) < 4.78 is 7.02. The fraction of sp³-hybridized carbons (Fsp3) is 0.222. The van der Waals surface area contributed by atoms with Gasteiger partial charge in [-0.2, -0.15) is 0 Å². The summed E-state index contributed by atoms with van der Waals surface area (Å²) in [5, 5.41) is 0.962. The van der Waals surface area contributed by atoms with E-state index in [1.165, 1.54) is 10.8 Å². The number of hydrogen-bond acceptors (Lipinski definition) is 5. The van der Waals surface area contributed by atoms with Gasteiger partial charge < -0.3 is 4.74 Å². The molecule has 140 valence electrons. The zero-order chi connectivity index (χ0) is 19.6. The Balaban J connectivity index is 2.18. The van der Waals surface area contributed by atoms with Gasteiger partial charge in [0.25, 0.3) is 5.56 Å². The molecule has 0 spiro atoms. The number of carbonyl (C=O) groups excluding carboxylic acids is 1. The van der Waals surface area contributed by atoms with Crippen molar-refractivity contribution in [2.45, 2.75) is 20.0 Å². The molecule has 2 aromatic heterocycles. The highest BCUT2D eigenvalue weighted by atomic mass is 35.5. The highest BCUT2D eigenvalue weighted by Crippen LogP contribution is 2.23. The number of halogens is 2. The molecule has 0 bridgehead atoms. The van der Waals surface area contributed by atoms with Gasteiger partial charge in [0.05, 0.1) is 28.6 Å². The standard InChI is InChI=1S/C18H15Cl2N3O4/c1-2-27-15(24)10-23-17(25)12-4-3-7-21-16(12)22(18(23)26)9-11-5-6-13(19)14(20)8-11/h3-8H,2,9-10H2,1H3. The van der Waals surface area contributed by atoms with E-state index in [0.29, 0.717) is 15.6 Å². The maximum atomic E-state index is 12.9. The van der Waals surface area contributed by atoms with E-state index in [-0.39, 0.29) is 24.2 Å². The summed E-state index contributed by atoms with van der Waals surface area (Å²) in [6, 6.07) is 8.11. The van der Waals surface area contributed by atoms with Crippen molar-refractivity contribution >= 4 is 40.2 Å². The van der Waals surface area contributed by atoms with Crippen LogP contribution in [0, 0.1) is 0 Å². The van der Waals surface area contributed by atoms with Crippen molar-refractivity contribution in [1.82, 2.24) is 14.1 Å². The Morgan fingerprint density at radius 3 is 2.63 bits per heavy atom. The Bertz CT molecular complexity index is 1140. The lowest BCUT2D eigenvalue weighted by Crippen LogP contribution is -2.42. The topological polar surface area (TPSA) is 83.2 Å². The monoisotopic (exact) mass is 407 g/mol. The molecular formula is C18H15Cl2N3O4. The summed E-state index contributed by atoms with van der Waals surface area (Å²) in [5.74, 6) is -0.666. The summed E-state index contributed by atoms with van der Waals surface area (Å²) in [6.45, 7) is 1.43. The predicted molar refractivity (Wildman–Crippen MR) is 102 cm³/mol. The third-order valence-corrected chi connectivity index (χ3v) is 4.64. The smallest absolute Gasteiger partial charge is 0.333 e. The highest BCUT2D eigenvalue weighted by molar-refractivity contribution is 6.42. The van der Waals surface area contributed by atoms with E-state index < -0.39 is 23.8 Å². The van der Waals surface area contributed by atoms with Crippen LogP contribution in [0.25, 0.3) is 11.0 Å². The first-order chi connectivity index (χ1) is 12.9. The Kier molecular flexibility index (Phi) is 5.62. The summed E-state index contributed by atoms with van der Waals surface area (Å²) in [5.41, 5.74) is -0.342. The first-order valence-electron chi connectivity index (χ1n) is 8.10. The summed E-state index contributed by atoms with van der Waals surface area (Å²) in [4.78, 5) is 41.6. The van der Waals surface area contributed by atoms with Gasteiger partial charge in [-0.15, -0.1) is 0 Å². The van der Waals surface area contributed by atoms with Crippen LogP contribution in [0.3, 0.4) is 0 Å². The number of rotatable bonds is 5. The van der Waals surface area contributed by atoms with Gasteiger partial charge in [-0.25, -0.2) is 14.3 Å². The second-order valence-electron chi connectivity index (χ2n) is 5.69. The van der Waals surface area contributed by atoms with Gasteiger partial charge in [0, 0.05) is 6.20 Å². The number of carbonyl (C=O) groups is 1. The minimum atomic E-state index is -0.666. The average Bonchev–Trinajstić information content (AvgIpc) is 2.65. The van der Waals surface area contributed by atoms with Gasteiger partial charge in [-0.1, -0.05) is 29.3 Å². The van der Waals surface area contributed by atoms with Gasteiger partial charge in [0.15, 0.2) is 0 Å². The summed E-state index contributed by atoms with van der Waals surface area (Å²) in [6.07, 6.45) is 1.49. The molecule has 0 aliphatic carbocycles. The predicted octanol–water partition coefficient (Wildman–Crippen LogP) is 2.48. The first kappa shape index (κ1) is 19.1. The van der Waals surface area contributed by atoms with E-state index in [1.54, 1.807) is 37.3 Å². The van der Waals surface area contributed by atoms with E-state index in [2.05, 4.69) is 4.98 Å². The van der Waals surface area contributed by atoms with E-state index >= 15 is 0 Å². The lowest BCUT2D eigenvalue weighted by Gasteiger charge is -2.13. The minimum absolute atomic E-state index is 0.104. The van der Waals surface area contributed by atoms with Crippen molar-refractivity contribution < 1.29 is 9.53 Å². The van der Waals surface area contributed by atoms with Crippen LogP contribution < -0.4 is 11.2 Å². The van der Waals surface area contributed by atoms with E-state index in [9.17, 15) is 14.4 Å². The number of esters is 1. The molecule has 0 atom stereocenters. The largest absolute Gasteiger partial charge is 0.465 e. The van der Waals surface area contributed by atoms with Crippen molar-refractivity contribution in [2.75, 3.05) is 6.61 Å². The van der Waals surface area contributed by atoms with Crippen LogP contribution in [0.2, 0.25) is 10.0 Å². The van der Waals surface area contributed by atoms with Crippen LogP contribution in [-0.4, -0.2) is 26.7 Å². The normalized spacial score (nSPS) is 10.9. The van der Waals surface area contributed by atoms with E-state index in [4.69, 9.17) is 27.9 Å². The molecule has 0 saturated heterocycles. The van der Waals surface area contributed by atoms with Gasteiger partial charge in [0.2, 0.25) is 0 Å². The molecule has 0 fully saturated rings. The number of benzene rings is 1. The Labute approximate surface area is 163 Å². The number of fused-ring (bicyclic) bond motifs is 1. The molecule has 0 unspecified atom stereocenters. The van der Waals surface area contributed by atoms with Gasteiger partial charge in [0.1, 0.15) is 12.2 Å². The average molecular weight is 408 g/mol. The molecule has 2 heterocycles. The molecule has 0 amide bonds. The SMILES string of the molecule is CCOC(=O)Cn1c(=O)c2cccnc2n(Cc2ccc(Cl)c(Cl)c2)c1=O. The second kappa shape index (κ2) is 7.94. The number of aromatic nitrogens is 3. The molecular weight excluding hydrogens is 393 g/mol. The zero-order valence-corrected chi connectivity index (χ0v) is 15.8. The third-order valence-electron chi connectivity index (χ3n) is 3.90. The second-order valence-corrected chi connectivity index (χ2v) is 6.50. The lowest BCUT2D eigenvalue weighted by atomic mass is 10.2. The van der Waals surface area contributed by atoms with Crippen molar-refractivity contribution in [3.63, 3.8) is 0 Å². The van der Waals surface area contributed by atoms with Gasteiger partial charge in [-0.3, -0.25) is 14.2 Å². The highest BCUT2D eigenvalue weighted by Gasteiger charge is 2.17. The van der Waals surface area contributed by atoms with Crippen molar-refractivity contribution in [3.05, 3.63) is 73.0 Å². The molecule has 27 heavy (non-hydrogen) atoms. The number of pyridine rings is 1. The van der Waals surface area contributed by atoms with Crippen LogP contribution in [0.4, 0.5) is 0 Å². The maximum Gasteiger partial charge on any atom is 0.333 e. The fourth-order valence-corrected chi connectivity index (χ4v) is 3.01. The van der Waals surface area contributed by atoms with Crippen LogP contribution in [-0.2, 0) is 22.6 Å². The molecule has 0 radical (unpaired) electrons. The van der Waals surface area contributed by atoms with Crippen LogP contribution in [0.5, 0.6) is 0 Å². The van der Waals surface area contributed by atoms with Crippen LogP contribution in [0.15, 0.2) is 46.1 Å². The lowest BCUT2D eigenvalue weighted by molar-refractivity contribution is -0.143. The molecule has 0 N–H and O–H groups in total. The van der Waals surface area contributed by atoms with Crippen LogP contribution >= 0.6 is 23.2 Å². The number of hydrogen-bond donors (Lipinski definition) is 0. The van der Waals surface area contributed by atoms with Crippen molar-refractivity contribution in [2.24, 2.45) is 0 Å². The molecule has 0 saturated carbocycles. The molecule has 3 aromatic rings. The number of ether oxygens (including phenoxy) is 1. The summed E-state index contributed by atoms with van der Waals surface area (Å²) >= 11 is 12.0. The molecule has 1 aromatic carbocycles. The van der Waals surface area contributed by atoms with Crippen LogP contribution in [0.1, 0.15) is 12.5 Å².